The molecule has 1 aromatic heterocycles. The first-order valence-electron chi connectivity index (χ1n) is 6.87. The van der Waals surface area contributed by atoms with Crippen LogP contribution in [0.5, 0.6) is 0 Å². The number of benzene rings is 1. The predicted molar refractivity (Wildman–Crippen MR) is 82.4 cm³/mol. The number of nitrogens with one attached hydrogen (secondary N) is 1. The minimum Gasteiger partial charge on any atom is -0.302 e. The second-order valence-electron chi connectivity index (χ2n) is 4.97. The van der Waals surface area contributed by atoms with E-state index in [1.165, 1.54) is 5.56 Å². The maximum atomic E-state index is 11.7. The molecule has 0 aliphatic rings. The van der Waals surface area contributed by atoms with Crippen molar-refractivity contribution in [2.24, 2.45) is 5.84 Å². The molecule has 2 aromatic rings. The van der Waals surface area contributed by atoms with E-state index in [9.17, 15) is 4.79 Å². The number of hydrogen-bond donors (Lipinski definition) is 2. The van der Waals surface area contributed by atoms with Gasteiger partial charge in [-0.3, -0.25) is 15.2 Å². The summed E-state index contributed by atoms with van der Waals surface area (Å²) in [7, 11) is 2.04. The SMILES string of the molecule is CN(CCc1ccncc1)Cc1ccccc1C(=O)NN. The first-order chi connectivity index (χ1) is 10.2. The number of nitrogens with two attached hydrogens (primary N) is 1. The summed E-state index contributed by atoms with van der Waals surface area (Å²) in [5, 5.41) is 0. The quantitative estimate of drug-likeness (QED) is 0.477. The second-order valence-corrected chi connectivity index (χ2v) is 4.97. The number of likely N-dealkylation sites (N-methyl/N-ethyl adjacent to an activating group) is 1. The fraction of sp³-hybridized carbons (Fsp3) is 0.250. The number of rotatable bonds is 6. The lowest BCUT2D eigenvalue weighted by atomic mass is 10.1. The Kier molecular flexibility index (Phi) is 5.43. The Labute approximate surface area is 124 Å². The van der Waals surface area contributed by atoms with Gasteiger partial charge >= 0.3 is 0 Å². The Hall–Kier alpha value is -2.24. The predicted octanol–water partition coefficient (Wildman–Crippen LogP) is 1.36. The molecule has 0 bridgehead atoms. The maximum absolute atomic E-state index is 11.7. The largest absolute Gasteiger partial charge is 0.302 e. The monoisotopic (exact) mass is 284 g/mol. The number of amides is 1. The van der Waals surface area contributed by atoms with Crippen LogP contribution in [0, 0.1) is 0 Å². The average Bonchev–Trinajstić information content (AvgIpc) is 2.54. The number of nitrogens with zero attached hydrogens (tertiary/aromatic N) is 2. The van der Waals surface area contributed by atoms with Crippen LogP contribution in [0.25, 0.3) is 0 Å². The molecule has 21 heavy (non-hydrogen) atoms. The molecule has 5 nitrogen and oxygen atoms in total. The van der Waals surface area contributed by atoms with Crippen molar-refractivity contribution in [3.63, 3.8) is 0 Å². The van der Waals surface area contributed by atoms with Gasteiger partial charge in [0.15, 0.2) is 0 Å². The highest BCUT2D eigenvalue weighted by atomic mass is 16.2. The molecule has 1 amide bonds. The summed E-state index contributed by atoms with van der Waals surface area (Å²) in [6.45, 7) is 1.61. The molecule has 0 saturated heterocycles. The molecule has 0 aliphatic heterocycles. The zero-order chi connectivity index (χ0) is 15.1. The summed E-state index contributed by atoms with van der Waals surface area (Å²) in [5.74, 6) is 4.96. The van der Waals surface area contributed by atoms with E-state index in [-0.39, 0.29) is 5.91 Å². The van der Waals surface area contributed by atoms with Gasteiger partial charge in [-0.25, -0.2) is 5.84 Å². The molecule has 0 aliphatic carbocycles. The standard InChI is InChI=1S/C16H20N4O/c1-20(11-8-13-6-9-18-10-7-13)12-14-4-2-3-5-15(14)16(21)19-17/h2-7,9-10H,8,11-12,17H2,1H3,(H,19,21). The van der Waals surface area contributed by atoms with Crippen molar-refractivity contribution in [1.82, 2.24) is 15.3 Å². The van der Waals surface area contributed by atoms with E-state index in [1.807, 2.05) is 37.4 Å². The van der Waals surface area contributed by atoms with Crippen molar-refractivity contribution in [3.05, 3.63) is 65.5 Å². The molecule has 0 radical (unpaired) electrons. The highest BCUT2D eigenvalue weighted by Crippen LogP contribution is 2.11. The van der Waals surface area contributed by atoms with Gasteiger partial charge < -0.3 is 4.90 Å². The average molecular weight is 284 g/mol. The van der Waals surface area contributed by atoms with Crippen LogP contribution < -0.4 is 11.3 Å². The zero-order valence-corrected chi connectivity index (χ0v) is 12.1. The number of aromatic nitrogens is 1. The third-order valence-electron chi connectivity index (χ3n) is 3.36. The molecule has 1 heterocycles. The van der Waals surface area contributed by atoms with Crippen molar-refractivity contribution in [2.45, 2.75) is 13.0 Å². The third-order valence-corrected chi connectivity index (χ3v) is 3.36. The van der Waals surface area contributed by atoms with E-state index in [1.54, 1.807) is 18.5 Å². The van der Waals surface area contributed by atoms with E-state index in [0.29, 0.717) is 12.1 Å². The van der Waals surface area contributed by atoms with Crippen LogP contribution in [0.3, 0.4) is 0 Å². The van der Waals surface area contributed by atoms with Gasteiger partial charge in [0, 0.05) is 31.0 Å². The molecular formula is C16H20N4O. The minimum absolute atomic E-state index is 0.256. The van der Waals surface area contributed by atoms with Crippen molar-refractivity contribution >= 4 is 5.91 Å². The van der Waals surface area contributed by atoms with E-state index < -0.39 is 0 Å². The van der Waals surface area contributed by atoms with Crippen LogP contribution in [0.15, 0.2) is 48.8 Å². The summed E-state index contributed by atoms with van der Waals surface area (Å²) in [5.41, 5.74) is 5.03. The number of hydrogen-bond acceptors (Lipinski definition) is 4. The lowest BCUT2D eigenvalue weighted by molar-refractivity contribution is 0.0952. The van der Waals surface area contributed by atoms with Crippen molar-refractivity contribution in [3.8, 4) is 0 Å². The number of pyridine rings is 1. The van der Waals surface area contributed by atoms with Crippen LogP contribution in [0.2, 0.25) is 0 Å². The summed E-state index contributed by atoms with van der Waals surface area (Å²) < 4.78 is 0. The summed E-state index contributed by atoms with van der Waals surface area (Å²) in [4.78, 5) is 17.9. The Balaban J connectivity index is 1.96. The van der Waals surface area contributed by atoms with E-state index in [4.69, 9.17) is 5.84 Å². The maximum Gasteiger partial charge on any atom is 0.265 e. The van der Waals surface area contributed by atoms with Gasteiger partial charge in [0.1, 0.15) is 0 Å². The van der Waals surface area contributed by atoms with Crippen molar-refractivity contribution < 1.29 is 4.79 Å². The van der Waals surface area contributed by atoms with Crippen LogP contribution in [-0.2, 0) is 13.0 Å². The minimum atomic E-state index is -0.256. The topological polar surface area (TPSA) is 71.2 Å². The first-order valence-corrected chi connectivity index (χ1v) is 6.87. The van der Waals surface area contributed by atoms with Crippen LogP contribution in [0.4, 0.5) is 0 Å². The fourth-order valence-corrected chi connectivity index (χ4v) is 2.20. The first kappa shape index (κ1) is 15.2. The Bertz CT molecular complexity index is 586. The molecule has 0 saturated carbocycles. The zero-order valence-electron chi connectivity index (χ0n) is 12.1. The van der Waals surface area contributed by atoms with Gasteiger partial charge in [0.2, 0.25) is 0 Å². The second kappa shape index (κ2) is 7.52. The van der Waals surface area contributed by atoms with Crippen molar-refractivity contribution in [1.29, 1.82) is 0 Å². The highest BCUT2D eigenvalue weighted by molar-refractivity contribution is 5.95. The number of carbonyl (C=O) groups excluding carboxylic acids is 1. The van der Waals surface area contributed by atoms with Gasteiger partial charge in [0.25, 0.3) is 5.91 Å². The van der Waals surface area contributed by atoms with Crippen LogP contribution in [0.1, 0.15) is 21.5 Å². The normalized spacial score (nSPS) is 10.6. The van der Waals surface area contributed by atoms with Gasteiger partial charge in [-0.15, -0.1) is 0 Å². The molecule has 0 atom stereocenters. The summed E-state index contributed by atoms with van der Waals surface area (Å²) in [6.07, 6.45) is 4.55. The fourth-order valence-electron chi connectivity index (χ4n) is 2.20. The molecule has 1 aromatic carbocycles. The Morgan fingerprint density at radius 3 is 2.67 bits per heavy atom. The van der Waals surface area contributed by atoms with E-state index in [2.05, 4.69) is 15.3 Å². The summed E-state index contributed by atoms with van der Waals surface area (Å²) in [6, 6.07) is 11.5. The van der Waals surface area contributed by atoms with Crippen LogP contribution >= 0.6 is 0 Å². The number of carbonyl (C=O) groups is 1. The van der Waals surface area contributed by atoms with E-state index in [0.717, 1.165) is 18.5 Å². The van der Waals surface area contributed by atoms with Gasteiger partial charge in [-0.1, -0.05) is 18.2 Å². The summed E-state index contributed by atoms with van der Waals surface area (Å²) >= 11 is 0. The highest BCUT2D eigenvalue weighted by Gasteiger charge is 2.11. The van der Waals surface area contributed by atoms with E-state index >= 15 is 0 Å². The molecule has 110 valence electrons. The molecule has 5 heteroatoms. The molecule has 0 spiro atoms. The Morgan fingerprint density at radius 1 is 1.24 bits per heavy atom. The molecular weight excluding hydrogens is 264 g/mol. The van der Waals surface area contributed by atoms with Gasteiger partial charge in [-0.05, 0) is 42.8 Å². The molecule has 0 unspecified atom stereocenters. The molecule has 0 fully saturated rings. The number of hydrazine groups is 1. The molecule has 3 N–H and O–H groups in total. The lowest BCUT2D eigenvalue weighted by Crippen LogP contribution is -2.31. The van der Waals surface area contributed by atoms with Gasteiger partial charge in [0.05, 0.1) is 0 Å². The Morgan fingerprint density at radius 2 is 1.95 bits per heavy atom. The molecule has 2 rings (SSSR count). The third kappa shape index (κ3) is 4.37. The van der Waals surface area contributed by atoms with Gasteiger partial charge in [-0.2, -0.15) is 0 Å². The van der Waals surface area contributed by atoms with Crippen LogP contribution in [-0.4, -0.2) is 29.4 Å². The lowest BCUT2D eigenvalue weighted by Gasteiger charge is -2.18. The smallest absolute Gasteiger partial charge is 0.265 e. The number of nitrogen functional groups attached to an aromatic ring is 1. The van der Waals surface area contributed by atoms with Crippen molar-refractivity contribution in [2.75, 3.05) is 13.6 Å².